The molecule has 1 fully saturated rings. The number of hydrogen-bond acceptors (Lipinski definition) is 4. The molecule has 0 bridgehead atoms. The fourth-order valence-corrected chi connectivity index (χ4v) is 2.95. The molecular weight excluding hydrogens is 316 g/mol. The third-order valence-corrected chi connectivity index (χ3v) is 4.19. The third-order valence-electron chi connectivity index (χ3n) is 4.19. The van der Waals surface area contributed by atoms with E-state index >= 15 is 0 Å². The number of benzene rings is 1. The van der Waals surface area contributed by atoms with E-state index in [1.807, 2.05) is 38.1 Å². The van der Waals surface area contributed by atoms with E-state index in [4.69, 9.17) is 4.74 Å². The number of rotatable bonds is 4. The van der Waals surface area contributed by atoms with Crippen LogP contribution in [0.15, 0.2) is 29.4 Å². The Morgan fingerprint density at radius 2 is 1.84 bits per heavy atom. The summed E-state index contributed by atoms with van der Waals surface area (Å²) < 4.78 is 5.49. The Morgan fingerprint density at radius 1 is 1.20 bits per heavy atom. The van der Waals surface area contributed by atoms with Crippen LogP contribution < -0.4 is 10.2 Å². The van der Waals surface area contributed by atoms with Gasteiger partial charge in [-0.25, -0.2) is 5.43 Å². The summed E-state index contributed by atoms with van der Waals surface area (Å²) >= 11 is 0. The Balaban J connectivity index is 1.84. The first kappa shape index (κ1) is 19.2. The predicted octanol–water partition coefficient (Wildman–Crippen LogP) is 3.61. The van der Waals surface area contributed by atoms with E-state index in [-0.39, 0.29) is 29.1 Å². The van der Waals surface area contributed by atoms with Crippen molar-refractivity contribution in [3.63, 3.8) is 0 Å². The van der Waals surface area contributed by atoms with Gasteiger partial charge in [0.2, 0.25) is 0 Å². The van der Waals surface area contributed by atoms with Crippen molar-refractivity contribution >= 4 is 17.4 Å². The van der Waals surface area contributed by atoms with Crippen molar-refractivity contribution in [1.29, 1.82) is 0 Å². The lowest BCUT2D eigenvalue weighted by molar-refractivity contribution is -0.123. The normalized spacial score (nSPS) is 18.9. The number of ketones is 1. The van der Waals surface area contributed by atoms with E-state index in [0.717, 1.165) is 5.71 Å². The van der Waals surface area contributed by atoms with Gasteiger partial charge in [-0.15, -0.1) is 0 Å². The van der Waals surface area contributed by atoms with Gasteiger partial charge in [-0.05, 0) is 34.9 Å². The number of amides is 1. The maximum absolute atomic E-state index is 11.9. The molecule has 136 valence electrons. The highest BCUT2D eigenvalue weighted by Crippen LogP contribution is 2.31. The van der Waals surface area contributed by atoms with Crippen LogP contribution in [0.5, 0.6) is 5.75 Å². The lowest BCUT2D eigenvalue weighted by Gasteiger charge is -2.28. The van der Waals surface area contributed by atoms with Gasteiger partial charge in [0.05, 0.1) is 0 Å². The molecule has 5 heteroatoms. The first-order chi connectivity index (χ1) is 11.5. The summed E-state index contributed by atoms with van der Waals surface area (Å²) in [7, 11) is 0. The SMILES string of the molecule is CC1(C)CC(=O)C/C(=N/NC(=O)COc2ccc(C(C)(C)C)cc2)C1. The highest BCUT2D eigenvalue weighted by atomic mass is 16.5. The van der Waals surface area contributed by atoms with Crippen LogP contribution in [0.3, 0.4) is 0 Å². The average Bonchev–Trinajstić information content (AvgIpc) is 2.48. The Kier molecular flexibility index (Phi) is 5.65. The van der Waals surface area contributed by atoms with Gasteiger partial charge in [0.25, 0.3) is 5.91 Å². The van der Waals surface area contributed by atoms with Crippen LogP contribution in [-0.2, 0) is 15.0 Å². The van der Waals surface area contributed by atoms with Crippen LogP contribution in [0.4, 0.5) is 0 Å². The molecular formula is C20H28N2O3. The minimum atomic E-state index is -0.330. The van der Waals surface area contributed by atoms with Gasteiger partial charge < -0.3 is 4.74 Å². The van der Waals surface area contributed by atoms with E-state index < -0.39 is 0 Å². The molecule has 0 atom stereocenters. The monoisotopic (exact) mass is 344 g/mol. The third kappa shape index (κ3) is 6.00. The quantitative estimate of drug-likeness (QED) is 0.848. The first-order valence-electron chi connectivity index (χ1n) is 8.64. The number of nitrogens with zero attached hydrogens (tertiary/aromatic N) is 1. The number of carbonyl (C=O) groups is 2. The summed E-state index contributed by atoms with van der Waals surface area (Å²) in [6.07, 6.45) is 1.60. The minimum Gasteiger partial charge on any atom is -0.484 e. The lowest BCUT2D eigenvalue weighted by atomic mass is 9.76. The Labute approximate surface area is 149 Å². The van der Waals surface area contributed by atoms with E-state index in [0.29, 0.717) is 25.0 Å². The van der Waals surface area contributed by atoms with Gasteiger partial charge in [-0.3, -0.25) is 9.59 Å². The molecule has 0 heterocycles. The van der Waals surface area contributed by atoms with Gasteiger partial charge in [-0.1, -0.05) is 46.8 Å². The second kappa shape index (κ2) is 7.38. The van der Waals surface area contributed by atoms with Crippen LogP contribution in [0.1, 0.15) is 59.4 Å². The topological polar surface area (TPSA) is 67.8 Å². The van der Waals surface area contributed by atoms with Crippen molar-refractivity contribution in [1.82, 2.24) is 5.43 Å². The number of hydrogen-bond donors (Lipinski definition) is 1. The molecule has 1 aromatic rings. The van der Waals surface area contributed by atoms with Crippen LogP contribution in [0.25, 0.3) is 0 Å². The van der Waals surface area contributed by atoms with Crippen molar-refractivity contribution in [3.8, 4) is 5.75 Å². The molecule has 2 rings (SSSR count). The van der Waals surface area contributed by atoms with Crippen molar-refractivity contribution in [3.05, 3.63) is 29.8 Å². The number of hydrazone groups is 1. The van der Waals surface area contributed by atoms with E-state index in [1.165, 1.54) is 5.56 Å². The molecule has 0 aromatic heterocycles. The molecule has 1 aliphatic rings. The van der Waals surface area contributed by atoms with Gasteiger partial charge in [-0.2, -0.15) is 5.10 Å². The number of ether oxygens (including phenoxy) is 1. The molecule has 1 aliphatic carbocycles. The van der Waals surface area contributed by atoms with Gasteiger partial charge in [0.15, 0.2) is 6.61 Å². The molecule has 25 heavy (non-hydrogen) atoms. The predicted molar refractivity (Wildman–Crippen MR) is 98.9 cm³/mol. The van der Waals surface area contributed by atoms with Crippen LogP contribution in [0.2, 0.25) is 0 Å². The van der Waals surface area contributed by atoms with Crippen LogP contribution in [-0.4, -0.2) is 24.0 Å². The highest BCUT2D eigenvalue weighted by Gasteiger charge is 2.30. The van der Waals surface area contributed by atoms with E-state index in [1.54, 1.807) is 0 Å². The smallest absolute Gasteiger partial charge is 0.277 e. The van der Waals surface area contributed by atoms with Gasteiger partial charge in [0.1, 0.15) is 11.5 Å². The second-order valence-corrected chi connectivity index (χ2v) is 8.51. The maximum Gasteiger partial charge on any atom is 0.277 e. The molecule has 0 radical (unpaired) electrons. The zero-order valence-corrected chi connectivity index (χ0v) is 15.8. The zero-order valence-electron chi connectivity index (χ0n) is 15.8. The van der Waals surface area contributed by atoms with Gasteiger partial charge in [0, 0.05) is 18.6 Å². The van der Waals surface area contributed by atoms with Crippen LogP contribution >= 0.6 is 0 Å². The fourth-order valence-electron chi connectivity index (χ4n) is 2.95. The molecule has 1 amide bonds. The molecule has 0 aliphatic heterocycles. The summed E-state index contributed by atoms with van der Waals surface area (Å²) in [6.45, 7) is 10.4. The number of nitrogens with one attached hydrogen (secondary N) is 1. The van der Waals surface area contributed by atoms with E-state index in [9.17, 15) is 9.59 Å². The maximum atomic E-state index is 11.9. The first-order valence-corrected chi connectivity index (χ1v) is 8.64. The largest absolute Gasteiger partial charge is 0.484 e. The van der Waals surface area contributed by atoms with Crippen LogP contribution in [0, 0.1) is 5.41 Å². The Bertz CT molecular complexity index is 667. The summed E-state index contributed by atoms with van der Waals surface area (Å²) in [6, 6.07) is 7.73. The standard InChI is InChI=1S/C20H28N2O3/c1-19(2,3)14-6-8-17(9-7-14)25-13-18(24)22-21-15-10-16(23)12-20(4,5)11-15/h6-9H,10-13H2,1-5H3,(H,22,24)/b21-15-. The second-order valence-electron chi connectivity index (χ2n) is 8.51. The van der Waals surface area contributed by atoms with Crippen molar-refractivity contribution in [2.24, 2.45) is 10.5 Å². The molecule has 1 N–H and O–H groups in total. The number of carbonyl (C=O) groups excluding carboxylic acids is 2. The summed E-state index contributed by atoms with van der Waals surface area (Å²) in [5, 5.41) is 4.10. The zero-order chi connectivity index (χ0) is 18.7. The Hall–Kier alpha value is -2.17. The lowest BCUT2D eigenvalue weighted by Crippen LogP contribution is -2.32. The molecule has 0 unspecified atom stereocenters. The minimum absolute atomic E-state index is 0.0806. The molecule has 1 saturated carbocycles. The summed E-state index contributed by atoms with van der Waals surface area (Å²) in [5.74, 6) is 0.479. The van der Waals surface area contributed by atoms with Gasteiger partial charge >= 0.3 is 0 Å². The van der Waals surface area contributed by atoms with E-state index in [2.05, 4.69) is 31.3 Å². The number of Topliss-reactive ketones (excluding diaryl/α,β-unsaturated/α-hetero) is 1. The average molecular weight is 344 g/mol. The fraction of sp³-hybridized carbons (Fsp3) is 0.550. The van der Waals surface area contributed by atoms with Crippen molar-refractivity contribution < 1.29 is 14.3 Å². The van der Waals surface area contributed by atoms with Crippen molar-refractivity contribution in [2.75, 3.05) is 6.61 Å². The molecule has 0 saturated heterocycles. The molecule has 0 spiro atoms. The highest BCUT2D eigenvalue weighted by molar-refractivity contribution is 6.05. The summed E-state index contributed by atoms with van der Waals surface area (Å²) in [5.41, 5.74) is 4.41. The molecule has 1 aromatic carbocycles. The Morgan fingerprint density at radius 3 is 2.40 bits per heavy atom. The molecule has 5 nitrogen and oxygen atoms in total. The van der Waals surface area contributed by atoms with Crippen molar-refractivity contribution in [2.45, 2.75) is 59.3 Å². The summed E-state index contributed by atoms with van der Waals surface area (Å²) in [4.78, 5) is 23.6.